The molecule has 2 heterocycles. The number of carbonyl (C=O) groups excluding carboxylic acids is 2. The van der Waals surface area contributed by atoms with Crippen LogP contribution in [-0.2, 0) is 9.59 Å². The molecule has 0 spiro atoms. The summed E-state index contributed by atoms with van der Waals surface area (Å²) in [7, 11) is 0. The van der Waals surface area contributed by atoms with E-state index in [4.69, 9.17) is 0 Å². The fourth-order valence-corrected chi connectivity index (χ4v) is 3.36. The molecule has 138 valence electrons. The van der Waals surface area contributed by atoms with E-state index in [1.54, 1.807) is 54.6 Å². The van der Waals surface area contributed by atoms with Crippen LogP contribution in [0.2, 0.25) is 0 Å². The lowest BCUT2D eigenvalue weighted by Crippen LogP contribution is -2.29. The van der Waals surface area contributed by atoms with Crippen molar-refractivity contribution >= 4 is 23.1 Å². The third-order valence-corrected chi connectivity index (χ3v) is 4.62. The molecule has 1 atom stereocenters. The lowest BCUT2D eigenvalue weighted by molar-refractivity contribution is -0.132. The molecule has 1 aliphatic rings. The van der Waals surface area contributed by atoms with Gasteiger partial charge in [0, 0.05) is 23.6 Å². The molecule has 1 fully saturated rings. The Bertz CT molecular complexity index is 1080. The third-order valence-electron chi connectivity index (χ3n) is 4.62. The number of aliphatic hydroxyl groups is 1. The van der Waals surface area contributed by atoms with E-state index in [-0.39, 0.29) is 17.1 Å². The van der Waals surface area contributed by atoms with Gasteiger partial charge in [0.05, 0.1) is 11.6 Å². The Morgan fingerprint density at radius 3 is 2.32 bits per heavy atom. The fourth-order valence-electron chi connectivity index (χ4n) is 3.36. The quantitative estimate of drug-likeness (QED) is 0.418. The molecule has 0 radical (unpaired) electrons. The van der Waals surface area contributed by atoms with Crippen LogP contribution >= 0.6 is 0 Å². The predicted molar refractivity (Wildman–Crippen MR) is 104 cm³/mol. The largest absolute Gasteiger partial charge is 0.508 e. The van der Waals surface area contributed by atoms with Crippen molar-refractivity contribution in [2.75, 3.05) is 4.90 Å². The number of phenolic OH excluding ortho intramolecular Hbond substituents is 1. The molecule has 6 heteroatoms. The SMILES string of the molecule is O=C1C(=O)N(c2ccccc2)C(c2cccc(O)c2)/C1=C(/O)c1ccncc1. The van der Waals surface area contributed by atoms with E-state index in [2.05, 4.69) is 4.98 Å². The molecule has 0 saturated carbocycles. The molecule has 6 nitrogen and oxygen atoms in total. The Kier molecular flexibility index (Phi) is 4.37. The van der Waals surface area contributed by atoms with Gasteiger partial charge >= 0.3 is 0 Å². The van der Waals surface area contributed by atoms with Gasteiger partial charge in [-0.05, 0) is 42.0 Å². The topological polar surface area (TPSA) is 90.7 Å². The second-order valence-electron chi connectivity index (χ2n) is 6.34. The van der Waals surface area contributed by atoms with E-state index in [9.17, 15) is 19.8 Å². The Morgan fingerprint density at radius 2 is 1.64 bits per heavy atom. The van der Waals surface area contributed by atoms with Crippen LogP contribution in [0.1, 0.15) is 17.2 Å². The minimum Gasteiger partial charge on any atom is -0.508 e. The molecule has 3 aromatic rings. The number of aromatic nitrogens is 1. The smallest absolute Gasteiger partial charge is 0.300 e. The number of para-hydroxylation sites is 1. The number of rotatable bonds is 3. The fraction of sp³-hybridized carbons (Fsp3) is 0.0455. The number of hydrogen-bond donors (Lipinski definition) is 2. The monoisotopic (exact) mass is 372 g/mol. The number of anilines is 1. The Morgan fingerprint density at radius 1 is 0.929 bits per heavy atom. The molecule has 4 rings (SSSR count). The predicted octanol–water partition coefficient (Wildman–Crippen LogP) is 3.41. The maximum absolute atomic E-state index is 12.9. The number of carbonyl (C=O) groups is 2. The average Bonchev–Trinajstić information content (AvgIpc) is 3.00. The maximum atomic E-state index is 12.9. The van der Waals surface area contributed by atoms with Gasteiger partial charge in [-0.25, -0.2) is 0 Å². The molecule has 1 aromatic heterocycles. The van der Waals surface area contributed by atoms with E-state index >= 15 is 0 Å². The first kappa shape index (κ1) is 17.5. The number of ketones is 1. The molecule has 0 bridgehead atoms. The van der Waals surface area contributed by atoms with Crippen molar-refractivity contribution in [3.8, 4) is 5.75 Å². The summed E-state index contributed by atoms with van der Waals surface area (Å²) in [5.41, 5.74) is 1.38. The number of nitrogens with zero attached hydrogens (tertiary/aromatic N) is 2. The van der Waals surface area contributed by atoms with E-state index in [1.165, 1.54) is 29.4 Å². The highest BCUT2D eigenvalue weighted by Gasteiger charge is 2.46. The van der Waals surface area contributed by atoms with Gasteiger partial charge in [0.1, 0.15) is 11.5 Å². The molecule has 1 aliphatic heterocycles. The summed E-state index contributed by atoms with van der Waals surface area (Å²) in [6.45, 7) is 0. The summed E-state index contributed by atoms with van der Waals surface area (Å²) in [5.74, 6) is -1.81. The Balaban J connectivity index is 1.96. The van der Waals surface area contributed by atoms with Crippen molar-refractivity contribution in [2.45, 2.75) is 6.04 Å². The first-order valence-electron chi connectivity index (χ1n) is 8.63. The van der Waals surface area contributed by atoms with Crippen LogP contribution in [0.3, 0.4) is 0 Å². The summed E-state index contributed by atoms with van der Waals surface area (Å²) >= 11 is 0. The van der Waals surface area contributed by atoms with Crippen LogP contribution in [0.4, 0.5) is 5.69 Å². The van der Waals surface area contributed by atoms with Crippen molar-refractivity contribution in [3.05, 3.63) is 95.8 Å². The van der Waals surface area contributed by atoms with Gasteiger partial charge in [0.15, 0.2) is 0 Å². The van der Waals surface area contributed by atoms with Gasteiger partial charge in [-0.3, -0.25) is 19.5 Å². The summed E-state index contributed by atoms with van der Waals surface area (Å²) in [6, 6.07) is 17.3. The van der Waals surface area contributed by atoms with Crippen molar-refractivity contribution in [3.63, 3.8) is 0 Å². The molecule has 1 saturated heterocycles. The average molecular weight is 372 g/mol. The second-order valence-corrected chi connectivity index (χ2v) is 6.34. The second kappa shape index (κ2) is 7.00. The van der Waals surface area contributed by atoms with Crippen LogP contribution in [0.5, 0.6) is 5.75 Å². The Labute approximate surface area is 161 Å². The molecule has 2 N–H and O–H groups in total. The highest BCUT2D eigenvalue weighted by Crippen LogP contribution is 2.42. The molecule has 28 heavy (non-hydrogen) atoms. The summed E-state index contributed by atoms with van der Waals surface area (Å²) < 4.78 is 0. The van der Waals surface area contributed by atoms with E-state index in [0.717, 1.165) is 0 Å². The zero-order chi connectivity index (χ0) is 19.7. The van der Waals surface area contributed by atoms with E-state index in [0.29, 0.717) is 16.8 Å². The lowest BCUT2D eigenvalue weighted by Gasteiger charge is -2.25. The number of amides is 1. The van der Waals surface area contributed by atoms with Crippen LogP contribution in [0.25, 0.3) is 5.76 Å². The summed E-state index contributed by atoms with van der Waals surface area (Å²) in [5, 5.41) is 20.8. The zero-order valence-corrected chi connectivity index (χ0v) is 14.7. The van der Waals surface area contributed by atoms with E-state index in [1.807, 2.05) is 0 Å². The maximum Gasteiger partial charge on any atom is 0.300 e. The van der Waals surface area contributed by atoms with Gasteiger partial charge in [-0.1, -0.05) is 30.3 Å². The number of pyridine rings is 1. The number of benzene rings is 2. The van der Waals surface area contributed by atoms with Crippen molar-refractivity contribution < 1.29 is 19.8 Å². The lowest BCUT2D eigenvalue weighted by atomic mass is 9.95. The normalized spacial score (nSPS) is 18.4. The molecule has 2 aromatic carbocycles. The standard InChI is InChI=1S/C22H16N2O4/c25-17-8-4-5-15(13-17)19-18(20(26)14-9-11-23-12-10-14)21(27)22(28)24(19)16-6-2-1-3-7-16/h1-13,19,25-26H/b20-18-. The minimum atomic E-state index is -0.873. The molecule has 1 unspecified atom stereocenters. The first-order valence-corrected chi connectivity index (χ1v) is 8.63. The van der Waals surface area contributed by atoms with E-state index < -0.39 is 17.7 Å². The number of Topliss-reactive ketones (excluding diaryl/α,β-unsaturated/α-hetero) is 1. The number of hydrogen-bond acceptors (Lipinski definition) is 5. The highest BCUT2D eigenvalue weighted by atomic mass is 16.3. The highest BCUT2D eigenvalue weighted by molar-refractivity contribution is 6.51. The first-order chi connectivity index (χ1) is 13.6. The zero-order valence-electron chi connectivity index (χ0n) is 14.7. The number of aromatic hydroxyl groups is 1. The Hall–Kier alpha value is -3.93. The van der Waals surface area contributed by atoms with Gasteiger partial charge in [-0.2, -0.15) is 0 Å². The van der Waals surface area contributed by atoms with Crippen molar-refractivity contribution in [1.82, 2.24) is 4.98 Å². The summed E-state index contributed by atoms with van der Waals surface area (Å²) in [4.78, 5) is 31.0. The minimum absolute atomic E-state index is 0.0000561. The van der Waals surface area contributed by atoms with Gasteiger partial charge in [-0.15, -0.1) is 0 Å². The molecular formula is C22H16N2O4. The van der Waals surface area contributed by atoms with Crippen LogP contribution in [0, 0.1) is 0 Å². The van der Waals surface area contributed by atoms with Crippen LogP contribution < -0.4 is 4.90 Å². The van der Waals surface area contributed by atoms with Gasteiger partial charge < -0.3 is 10.2 Å². The van der Waals surface area contributed by atoms with Crippen LogP contribution in [-0.4, -0.2) is 26.9 Å². The van der Waals surface area contributed by atoms with Crippen LogP contribution in [0.15, 0.2) is 84.7 Å². The van der Waals surface area contributed by atoms with Crippen molar-refractivity contribution in [2.24, 2.45) is 0 Å². The molecular weight excluding hydrogens is 356 g/mol. The molecule has 0 aliphatic carbocycles. The number of phenols is 1. The van der Waals surface area contributed by atoms with Gasteiger partial charge in [0.2, 0.25) is 0 Å². The third kappa shape index (κ3) is 2.91. The van der Waals surface area contributed by atoms with Crippen molar-refractivity contribution in [1.29, 1.82) is 0 Å². The summed E-state index contributed by atoms with van der Waals surface area (Å²) in [6.07, 6.45) is 2.98. The molecule has 1 amide bonds. The van der Waals surface area contributed by atoms with Gasteiger partial charge in [0.25, 0.3) is 11.7 Å². The number of aliphatic hydroxyl groups excluding tert-OH is 1.